The fourth-order valence-corrected chi connectivity index (χ4v) is 2.70. The number of ether oxygens (including phenoxy) is 1. The maximum Gasteiger partial charge on any atom is 0.337 e. The molecule has 6 nitrogen and oxygen atoms in total. The summed E-state index contributed by atoms with van der Waals surface area (Å²) in [5.41, 5.74) is 2.95. The van der Waals surface area contributed by atoms with Crippen molar-refractivity contribution in [2.24, 2.45) is 0 Å². The lowest BCUT2D eigenvalue weighted by molar-refractivity contribution is -0.115. The number of carbonyl (C=O) groups is 3. The second kappa shape index (κ2) is 9.32. The van der Waals surface area contributed by atoms with E-state index in [4.69, 9.17) is 0 Å². The molecule has 0 saturated carbocycles. The normalized spacial score (nSPS) is 10.1. The van der Waals surface area contributed by atoms with Crippen molar-refractivity contribution in [3.8, 4) is 0 Å². The van der Waals surface area contributed by atoms with Gasteiger partial charge in [-0.1, -0.05) is 30.3 Å². The highest BCUT2D eigenvalue weighted by Gasteiger charge is 2.09. The zero-order chi connectivity index (χ0) is 20.6. The lowest BCUT2D eigenvalue weighted by atomic mass is 10.1. The molecule has 0 aliphatic carbocycles. The minimum Gasteiger partial charge on any atom is -0.465 e. The Morgan fingerprint density at radius 2 is 1.28 bits per heavy atom. The summed E-state index contributed by atoms with van der Waals surface area (Å²) in [5, 5.41) is 5.57. The lowest BCUT2D eigenvalue weighted by Crippen LogP contribution is -2.15. The predicted octanol–water partition coefficient (Wildman–Crippen LogP) is 3.91. The van der Waals surface area contributed by atoms with Crippen LogP contribution in [0, 0.1) is 0 Å². The quantitative estimate of drug-likeness (QED) is 0.627. The molecule has 0 aliphatic rings. The molecular weight excluding hydrogens is 368 g/mol. The van der Waals surface area contributed by atoms with E-state index in [1.807, 2.05) is 30.3 Å². The summed E-state index contributed by atoms with van der Waals surface area (Å²) in [4.78, 5) is 35.9. The van der Waals surface area contributed by atoms with E-state index in [1.54, 1.807) is 48.5 Å². The predicted molar refractivity (Wildman–Crippen MR) is 111 cm³/mol. The molecule has 0 bridgehead atoms. The van der Waals surface area contributed by atoms with Crippen LogP contribution in [0.25, 0.3) is 0 Å². The van der Waals surface area contributed by atoms with E-state index >= 15 is 0 Å². The van der Waals surface area contributed by atoms with Crippen molar-refractivity contribution in [3.63, 3.8) is 0 Å². The number of benzene rings is 3. The summed E-state index contributed by atoms with van der Waals surface area (Å²) >= 11 is 0. The van der Waals surface area contributed by atoms with Gasteiger partial charge in [0.25, 0.3) is 5.91 Å². The number of rotatable bonds is 6. The lowest BCUT2D eigenvalue weighted by Gasteiger charge is -2.08. The Kier molecular flexibility index (Phi) is 6.37. The molecule has 0 aromatic heterocycles. The van der Waals surface area contributed by atoms with Crippen LogP contribution in [0.2, 0.25) is 0 Å². The number of nitrogens with one attached hydrogen (secondary N) is 2. The smallest absolute Gasteiger partial charge is 0.337 e. The molecule has 6 heteroatoms. The van der Waals surface area contributed by atoms with Gasteiger partial charge < -0.3 is 15.4 Å². The Bertz CT molecular complexity index is 997. The fraction of sp³-hybridized carbons (Fsp3) is 0.0870. The van der Waals surface area contributed by atoms with E-state index in [0.29, 0.717) is 22.5 Å². The second-order valence-electron chi connectivity index (χ2n) is 6.31. The van der Waals surface area contributed by atoms with Gasteiger partial charge in [0.1, 0.15) is 0 Å². The Balaban J connectivity index is 1.57. The Morgan fingerprint density at radius 1 is 0.724 bits per heavy atom. The first-order chi connectivity index (χ1) is 14.0. The van der Waals surface area contributed by atoms with Crippen molar-refractivity contribution in [3.05, 3.63) is 95.6 Å². The van der Waals surface area contributed by atoms with Crippen molar-refractivity contribution in [2.45, 2.75) is 6.42 Å². The van der Waals surface area contributed by atoms with Gasteiger partial charge in [-0.15, -0.1) is 0 Å². The molecule has 3 aromatic carbocycles. The van der Waals surface area contributed by atoms with Gasteiger partial charge in [0.15, 0.2) is 0 Å². The van der Waals surface area contributed by atoms with E-state index in [-0.39, 0.29) is 18.2 Å². The molecule has 3 aromatic rings. The largest absolute Gasteiger partial charge is 0.465 e. The van der Waals surface area contributed by atoms with Crippen molar-refractivity contribution in [2.75, 3.05) is 17.7 Å². The van der Waals surface area contributed by atoms with E-state index in [0.717, 1.165) is 5.56 Å². The minimum absolute atomic E-state index is 0.126. The van der Waals surface area contributed by atoms with Crippen LogP contribution >= 0.6 is 0 Å². The topological polar surface area (TPSA) is 84.5 Å². The number of hydrogen-bond acceptors (Lipinski definition) is 4. The first-order valence-electron chi connectivity index (χ1n) is 8.99. The molecule has 0 fully saturated rings. The summed E-state index contributed by atoms with van der Waals surface area (Å²) < 4.78 is 4.64. The van der Waals surface area contributed by atoms with Gasteiger partial charge in [-0.25, -0.2) is 4.79 Å². The zero-order valence-electron chi connectivity index (χ0n) is 15.8. The van der Waals surface area contributed by atoms with Crippen molar-refractivity contribution in [1.82, 2.24) is 0 Å². The molecule has 2 N–H and O–H groups in total. The van der Waals surface area contributed by atoms with Crippen LogP contribution in [0.4, 0.5) is 11.4 Å². The molecule has 0 aliphatic heterocycles. The average molecular weight is 388 g/mol. The molecule has 3 rings (SSSR count). The maximum atomic E-state index is 12.4. The highest BCUT2D eigenvalue weighted by Crippen LogP contribution is 2.14. The summed E-state index contributed by atoms with van der Waals surface area (Å²) in [5.74, 6) is -0.857. The van der Waals surface area contributed by atoms with Crippen LogP contribution in [0.1, 0.15) is 26.3 Å². The van der Waals surface area contributed by atoms with Gasteiger partial charge in [0.05, 0.1) is 19.1 Å². The standard InChI is InChI=1S/C23H20N2O4/c1-29-23(28)18-9-13-20(14-10-18)25-22(27)17-7-11-19(12-8-17)24-21(26)15-16-5-3-2-4-6-16/h2-14H,15H2,1H3,(H,24,26)(H,25,27). The SMILES string of the molecule is COC(=O)c1ccc(NC(=O)c2ccc(NC(=O)Cc3ccccc3)cc2)cc1. The molecule has 0 heterocycles. The van der Waals surface area contributed by atoms with E-state index in [2.05, 4.69) is 15.4 Å². The molecule has 0 atom stereocenters. The summed E-state index contributed by atoms with van der Waals surface area (Å²) in [7, 11) is 1.31. The van der Waals surface area contributed by atoms with Gasteiger partial charge in [0.2, 0.25) is 5.91 Å². The number of amides is 2. The number of esters is 1. The van der Waals surface area contributed by atoms with Crippen molar-refractivity contribution >= 4 is 29.2 Å². The highest BCUT2D eigenvalue weighted by molar-refractivity contribution is 6.05. The van der Waals surface area contributed by atoms with Crippen molar-refractivity contribution in [1.29, 1.82) is 0 Å². The molecule has 2 amide bonds. The third kappa shape index (κ3) is 5.52. The van der Waals surface area contributed by atoms with Crippen LogP contribution < -0.4 is 10.6 Å². The third-order valence-corrected chi connectivity index (χ3v) is 4.20. The van der Waals surface area contributed by atoms with Crippen LogP contribution in [0.3, 0.4) is 0 Å². The number of hydrogen-bond donors (Lipinski definition) is 2. The fourth-order valence-electron chi connectivity index (χ4n) is 2.70. The summed E-state index contributed by atoms with van der Waals surface area (Å²) in [6.45, 7) is 0. The number of anilines is 2. The summed E-state index contributed by atoms with van der Waals surface area (Å²) in [6, 6.07) is 22.5. The summed E-state index contributed by atoms with van der Waals surface area (Å²) in [6.07, 6.45) is 0.282. The Morgan fingerprint density at radius 3 is 1.86 bits per heavy atom. The van der Waals surface area contributed by atoms with Crippen LogP contribution in [-0.2, 0) is 16.0 Å². The Hall–Kier alpha value is -3.93. The molecule has 0 unspecified atom stereocenters. The highest BCUT2D eigenvalue weighted by atomic mass is 16.5. The molecular formula is C23H20N2O4. The first-order valence-corrected chi connectivity index (χ1v) is 8.99. The van der Waals surface area contributed by atoms with Gasteiger partial charge in [0, 0.05) is 16.9 Å². The van der Waals surface area contributed by atoms with E-state index < -0.39 is 5.97 Å². The van der Waals surface area contributed by atoms with E-state index in [9.17, 15) is 14.4 Å². The van der Waals surface area contributed by atoms with Crippen LogP contribution in [0.5, 0.6) is 0 Å². The van der Waals surface area contributed by atoms with Gasteiger partial charge in [-0.3, -0.25) is 9.59 Å². The van der Waals surface area contributed by atoms with Gasteiger partial charge in [-0.05, 0) is 54.1 Å². The molecule has 146 valence electrons. The van der Waals surface area contributed by atoms with Crippen LogP contribution in [-0.4, -0.2) is 24.9 Å². The average Bonchev–Trinajstić information content (AvgIpc) is 2.75. The molecule has 29 heavy (non-hydrogen) atoms. The maximum absolute atomic E-state index is 12.4. The third-order valence-electron chi connectivity index (χ3n) is 4.20. The second-order valence-corrected chi connectivity index (χ2v) is 6.31. The van der Waals surface area contributed by atoms with E-state index in [1.165, 1.54) is 7.11 Å². The number of methoxy groups -OCH3 is 1. The zero-order valence-corrected chi connectivity index (χ0v) is 15.8. The molecule has 0 saturated heterocycles. The molecule has 0 radical (unpaired) electrons. The number of carbonyl (C=O) groups excluding carboxylic acids is 3. The first kappa shape index (κ1) is 19.8. The van der Waals surface area contributed by atoms with Crippen LogP contribution in [0.15, 0.2) is 78.9 Å². The molecule has 0 spiro atoms. The van der Waals surface area contributed by atoms with Crippen molar-refractivity contribution < 1.29 is 19.1 Å². The Labute approximate surface area is 168 Å². The monoisotopic (exact) mass is 388 g/mol. The van der Waals surface area contributed by atoms with Gasteiger partial charge in [-0.2, -0.15) is 0 Å². The van der Waals surface area contributed by atoms with Gasteiger partial charge >= 0.3 is 5.97 Å². The minimum atomic E-state index is -0.437.